The van der Waals surface area contributed by atoms with Gasteiger partial charge in [-0.15, -0.1) is 0 Å². The fourth-order valence-electron chi connectivity index (χ4n) is 0.427. The van der Waals surface area contributed by atoms with Gasteiger partial charge in [-0.25, -0.2) is 0 Å². The molecular formula is C5H8Cl2N6. The summed E-state index contributed by atoms with van der Waals surface area (Å²) in [5.74, 6) is 0.125. The van der Waals surface area contributed by atoms with Crippen molar-refractivity contribution in [3.05, 3.63) is 11.1 Å². The number of hydrogen-bond acceptors (Lipinski definition) is 6. The Morgan fingerprint density at radius 2 is 1.08 bits per heavy atom. The first-order valence-corrected chi connectivity index (χ1v) is 3.70. The van der Waals surface area contributed by atoms with Crippen molar-refractivity contribution < 1.29 is 0 Å². The molecule has 0 aliphatic heterocycles. The molecule has 1 heterocycles. The zero-order valence-corrected chi connectivity index (χ0v) is 8.05. The molecule has 0 saturated carbocycles. The van der Waals surface area contributed by atoms with Gasteiger partial charge in [0.05, 0.1) is 4.49 Å². The number of nitrogen functional groups attached to an aromatic ring is 3. The molecule has 6 nitrogen and oxygen atoms in total. The number of rotatable bonds is 0. The molecule has 0 aromatic carbocycles. The van der Waals surface area contributed by atoms with Crippen LogP contribution in [-0.4, -0.2) is 15.0 Å². The van der Waals surface area contributed by atoms with Crippen LogP contribution in [0.1, 0.15) is 0 Å². The molecule has 0 aliphatic carbocycles. The minimum Gasteiger partial charge on any atom is -0.368 e. The zero-order chi connectivity index (χ0) is 10.4. The summed E-state index contributed by atoms with van der Waals surface area (Å²) in [6, 6.07) is 0. The van der Waals surface area contributed by atoms with E-state index in [1.165, 1.54) is 0 Å². The van der Waals surface area contributed by atoms with Crippen molar-refractivity contribution in [1.82, 2.24) is 15.0 Å². The molecule has 0 radical (unpaired) electrons. The summed E-state index contributed by atoms with van der Waals surface area (Å²) in [5.41, 5.74) is 15.4. The third-order valence-corrected chi connectivity index (χ3v) is 0.687. The lowest BCUT2D eigenvalue weighted by Gasteiger charge is -1.93. The van der Waals surface area contributed by atoms with Gasteiger partial charge < -0.3 is 17.2 Å². The maximum absolute atomic E-state index is 5.14. The summed E-state index contributed by atoms with van der Waals surface area (Å²) >= 11 is 9.69. The topological polar surface area (TPSA) is 117 Å². The minimum absolute atomic E-state index is 0.0417. The molecule has 1 rings (SSSR count). The third-order valence-electron chi connectivity index (χ3n) is 0.687. The van der Waals surface area contributed by atoms with Gasteiger partial charge in [0.2, 0.25) is 17.8 Å². The van der Waals surface area contributed by atoms with E-state index in [2.05, 4.69) is 21.5 Å². The predicted octanol–water partition coefficient (Wildman–Crippen LogP) is 0.553. The van der Waals surface area contributed by atoms with Crippen molar-refractivity contribution in [3.8, 4) is 0 Å². The van der Waals surface area contributed by atoms with Gasteiger partial charge in [0, 0.05) is 0 Å². The molecule has 0 unspecified atom stereocenters. The molecule has 8 heteroatoms. The molecule has 72 valence electrons. The fourth-order valence-corrected chi connectivity index (χ4v) is 0.427. The molecule has 0 amide bonds. The summed E-state index contributed by atoms with van der Waals surface area (Å²) in [6.07, 6.45) is 0. The van der Waals surface area contributed by atoms with Crippen molar-refractivity contribution in [2.75, 3.05) is 17.2 Å². The number of anilines is 3. The number of aromatic nitrogens is 3. The Bertz CT molecular complexity index is 247. The molecule has 0 fully saturated rings. The van der Waals surface area contributed by atoms with Crippen molar-refractivity contribution in [2.24, 2.45) is 0 Å². The Labute approximate surface area is 84.8 Å². The SMILES string of the molecule is C=C(Cl)Cl.Nc1nc(N)nc(N)n1. The van der Waals surface area contributed by atoms with Gasteiger partial charge in [-0.3, -0.25) is 0 Å². The van der Waals surface area contributed by atoms with E-state index in [1.54, 1.807) is 0 Å². The lowest BCUT2D eigenvalue weighted by molar-refractivity contribution is 1.09. The Hall–Kier alpha value is -1.27. The van der Waals surface area contributed by atoms with Crippen molar-refractivity contribution in [2.45, 2.75) is 0 Å². The Morgan fingerprint density at radius 1 is 0.923 bits per heavy atom. The van der Waals surface area contributed by atoms with Crippen molar-refractivity contribution >= 4 is 41.0 Å². The highest BCUT2D eigenvalue weighted by Gasteiger charge is 1.93. The highest BCUT2D eigenvalue weighted by atomic mass is 35.5. The van der Waals surface area contributed by atoms with Gasteiger partial charge in [0.1, 0.15) is 0 Å². The van der Waals surface area contributed by atoms with E-state index in [0.29, 0.717) is 0 Å². The Kier molecular flexibility index (Phi) is 4.86. The van der Waals surface area contributed by atoms with Crippen LogP contribution in [0.4, 0.5) is 17.8 Å². The average molecular weight is 223 g/mol. The van der Waals surface area contributed by atoms with Crippen LogP contribution < -0.4 is 17.2 Å². The highest BCUT2D eigenvalue weighted by molar-refractivity contribution is 6.55. The lowest BCUT2D eigenvalue weighted by Crippen LogP contribution is -2.05. The van der Waals surface area contributed by atoms with Crippen LogP contribution in [-0.2, 0) is 0 Å². The van der Waals surface area contributed by atoms with Gasteiger partial charge in [-0.05, 0) is 0 Å². The van der Waals surface area contributed by atoms with Gasteiger partial charge in [-0.1, -0.05) is 29.8 Å². The summed E-state index contributed by atoms with van der Waals surface area (Å²) in [6.45, 7) is 3.09. The zero-order valence-electron chi connectivity index (χ0n) is 6.54. The number of halogens is 2. The molecule has 0 bridgehead atoms. The maximum atomic E-state index is 5.14. The smallest absolute Gasteiger partial charge is 0.226 e. The van der Waals surface area contributed by atoms with E-state index in [4.69, 9.17) is 40.4 Å². The van der Waals surface area contributed by atoms with Gasteiger partial charge in [-0.2, -0.15) is 15.0 Å². The van der Waals surface area contributed by atoms with Crippen LogP contribution in [0.15, 0.2) is 11.1 Å². The number of nitrogens with two attached hydrogens (primary N) is 3. The van der Waals surface area contributed by atoms with Crippen LogP contribution in [0.3, 0.4) is 0 Å². The molecule has 1 aromatic rings. The van der Waals surface area contributed by atoms with Gasteiger partial charge >= 0.3 is 0 Å². The van der Waals surface area contributed by atoms with Crippen LogP contribution in [0.25, 0.3) is 0 Å². The van der Waals surface area contributed by atoms with Gasteiger partial charge in [0.15, 0.2) is 0 Å². The predicted molar refractivity (Wildman–Crippen MR) is 53.9 cm³/mol. The molecule has 13 heavy (non-hydrogen) atoms. The lowest BCUT2D eigenvalue weighted by atomic mass is 10.9. The second-order valence-corrected chi connectivity index (χ2v) is 2.85. The van der Waals surface area contributed by atoms with E-state index in [1.807, 2.05) is 0 Å². The van der Waals surface area contributed by atoms with E-state index in [9.17, 15) is 0 Å². The van der Waals surface area contributed by atoms with Gasteiger partial charge in [0.25, 0.3) is 0 Å². The monoisotopic (exact) mass is 222 g/mol. The van der Waals surface area contributed by atoms with E-state index in [0.717, 1.165) is 0 Å². The minimum atomic E-state index is 0.0417. The Balaban J connectivity index is 0.000000310. The van der Waals surface area contributed by atoms with E-state index >= 15 is 0 Å². The first-order valence-electron chi connectivity index (χ1n) is 2.94. The highest BCUT2D eigenvalue weighted by Crippen LogP contribution is 1.98. The largest absolute Gasteiger partial charge is 0.368 e. The molecular weight excluding hydrogens is 215 g/mol. The van der Waals surface area contributed by atoms with Crippen molar-refractivity contribution in [3.63, 3.8) is 0 Å². The summed E-state index contributed by atoms with van der Waals surface area (Å²) in [7, 11) is 0. The van der Waals surface area contributed by atoms with E-state index in [-0.39, 0.29) is 22.3 Å². The van der Waals surface area contributed by atoms with Crippen LogP contribution >= 0.6 is 23.2 Å². The maximum Gasteiger partial charge on any atom is 0.226 e. The summed E-state index contributed by atoms with van der Waals surface area (Å²) < 4.78 is 0.111. The molecule has 0 atom stereocenters. The summed E-state index contributed by atoms with van der Waals surface area (Å²) in [4.78, 5) is 10.5. The van der Waals surface area contributed by atoms with Crippen LogP contribution in [0.2, 0.25) is 0 Å². The van der Waals surface area contributed by atoms with E-state index < -0.39 is 0 Å². The summed E-state index contributed by atoms with van der Waals surface area (Å²) in [5, 5.41) is 0. The van der Waals surface area contributed by atoms with Crippen LogP contribution in [0.5, 0.6) is 0 Å². The third kappa shape index (κ3) is 7.10. The standard InChI is InChI=1S/C3H6N6.C2H2Cl2/c4-1-7-2(5)9-3(6)8-1;1-2(3)4/h(H6,4,5,6,7,8,9);1H2. The molecule has 0 aliphatic rings. The fraction of sp³-hybridized carbons (Fsp3) is 0. The number of nitrogens with zero attached hydrogens (tertiary/aromatic N) is 3. The van der Waals surface area contributed by atoms with Crippen molar-refractivity contribution in [1.29, 1.82) is 0 Å². The molecule has 0 saturated heterocycles. The second kappa shape index (κ2) is 5.39. The average Bonchev–Trinajstić information content (AvgIpc) is 1.80. The Morgan fingerprint density at radius 3 is 1.23 bits per heavy atom. The molecule has 1 aromatic heterocycles. The van der Waals surface area contributed by atoms with Crippen LogP contribution in [0, 0.1) is 0 Å². The second-order valence-electron chi connectivity index (χ2n) is 1.75. The molecule has 0 spiro atoms. The normalized spacial score (nSPS) is 8.46. The first kappa shape index (κ1) is 11.7. The first-order chi connectivity index (χ1) is 5.91. The number of hydrogen-bond donors (Lipinski definition) is 3. The quantitative estimate of drug-likeness (QED) is 0.591. The molecule has 6 N–H and O–H groups in total.